The summed E-state index contributed by atoms with van der Waals surface area (Å²) in [5.41, 5.74) is 0.225. The van der Waals surface area contributed by atoms with Gasteiger partial charge in [-0.15, -0.1) is 11.3 Å². The minimum absolute atomic E-state index is 0.0177. The van der Waals surface area contributed by atoms with Crippen LogP contribution in [0.5, 0.6) is 0 Å². The van der Waals surface area contributed by atoms with E-state index in [-0.39, 0.29) is 37.4 Å². The number of aliphatic hydroxyl groups excluding tert-OH is 1. The molecule has 0 spiro atoms. The van der Waals surface area contributed by atoms with Crippen LogP contribution in [0, 0.1) is 5.82 Å². The Morgan fingerprint density at radius 2 is 2.13 bits per heavy atom. The number of hydrogen-bond acceptors (Lipinski definition) is 8. The Balaban J connectivity index is 1.38. The van der Waals surface area contributed by atoms with Crippen molar-refractivity contribution in [1.82, 2.24) is 15.0 Å². The molecule has 2 unspecified atom stereocenters. The van der Waals surface area contributed by atoms with E-state index < -0.39 is 29.8 Å². The summed E-state index contributed by atoms with van der Waals surface area (Å²) in [5, 5.41) is 15.7. The van der Waals surface area contributed by atoms with Crippen LogP contribution in [0.1, 0.15) is 17.9 Å². The fourth-order valence-corrected chi connectivity index (χ4v) is 3.92. The summed E-state index contributed by atoms with van der Waals surface area (Å²) in [4.78, 5) is 31.4. The van der Waals surface area contributed by atoms with Gasteiger partial charge in [0.2, 0.25) is 11.7 Å². The van der Waals surface area contributed by atoms with Gasteiger partial charge in [0, 0.05) is 13.0 Å². The second-order valence-electron chi connectivity index (χ2n) is 6.82. The number of nitrogens with zero attached hydrogens (tertiary/aromatic N) is 3. The Morgan fingerprint density at radius 1 is 1.30 bits per heavy atom. The van der Waals surface area contributed by atoms with E-state index in [2.05, 4.69) is 10.1 Å². The molecular formula is C20H18FN3O5S. The van der Waals surface area contributed by atoms with Crippen LogP contribution >= 0.6 is 11.3 Å². The first-order valence-electron chi connectivity index (χ1n) is 9.25. The lowest BCUT2D eigenvalue weighted by atomic mass is 10.1. The maximum Gasteiger partial charge on any atom is 0.329 e. The highest BCUT2D eigenvalue weighted by Crippen LogP contribution is 2.23. The van der Waals surface area contributed by atoms with Crippen LogP contribution in [-0.4, -0.2) is 50.7 Å². The number of β-amino-alcohol motifs (C(OH)–C–C–N with tert-alkyl or cyclic N) is 1. The number of thiophene rings is 1. The zero-order chi connectivity index (χ0) is 21.1. The van der Waals surface area contributed by atoms with Crippen molar-refractivity contribution in [2.24, 2.45) is 0 Å². The Morgan fingerprint density at radius 3 is 2.90 bits per heavy atom. The Hall–Kier alpha value is -3.11. The lowest BCUT2D eigenvalue weighted by molar-refractivity contribution is -0.155. The molecule has 1 saturated heterocycles. The van der Waals surface area contributed by atoms with Gasteiger partial charge in [-0.2, -0.15) is 4.98 Å². The lowest BCUT2D eigenvalue weighted by Gasteiger charge is -2.23. The lowest BCUT2D eigenvalue weighted by Crippen LogP contribution is -2.42. The van der Waals surface area contributed by atoms with Gasteiger partial charge in [-0.05, 0) is 23.1 Å². The van der Waals surface area contributed by atoms with Gasteiger partial charge in [0.1, 0.15) is 11.9 Å². The fourth-order valence-electron chi connectivity index (χ4n) is 3.27. The van der Waals surface area contributed by atoms with Crippen molar-refractivity contribution >= 4 is 23.2 Å². The van der Waals surface area contributed by atoms with E-state index in [4.69, 9.17) is 9.26 Å². The number of carbonyl (C=O) groups is 2. The van der Waals surface area contributed by atoms with Crippen LogP contribution in [0.2, 0.25) is 0 Å². The third-order valence-electron chi connectivity index (χ3n) is 4.72. The van der Waals surface area contributed by atoms with Gasteiger partial charge in [-0.3, -0.25) is 4.79 Å². The molecule has 1 aliphatic rings. The molecule has 1 N–H and O–H groups in total. The number of amides is 1. The smallest absolute Gasteiger partial charge is 0.329 e. The van der Waals surface area contributed by atoms with Crippen molar-refractivity contribution in [3.05, 3.63) is 59.0 Å². The fraction of sp³-hybridized carbons (Fsp3) is 0.300. The molecule has 2 atom stereocenters. The van der Waals surface area contributed by atoms with Gasteiger partial charge in [-0.1, -0.05) is 29.4 Å². The molecule has 0 radical (unpaired) electrons. The summed E-state index contributed by atoms with van der Waals surface area (Å²) in [7, 11) is 0. The third-order valence-corrected chi connectivity index (χ3v) is 5.58. The molecule has 4 rings (SSSR count). The largest absolute Gasteiger partial charge is 0.454 e. The maximum absolute atomic E-state index is 13.8. The first-order valence-corrected chi connectivity index (χ1v) is 10.1. The zero-order valence-electron chi connectivity index (χ0n) is 15.7. The van der Waals surface area contributed by atoms with Gasteiger partial charge in [0.15, 0.2) is 6.61 Å². The number of carbonyl (C=O) groups excluding carboxylic acids is 2. The Labute approximate surface area is 174 Å². The molecular weight excluding hydrogens is 413 g/mol. The average Bonchev–Trinajstić information content (AvgIpc) is 3.48. The molecule has 2 aromatic heterocycles. The van der Waals surface area contributed by atoms with Gasteiger partial charge in [0.25, 0.3) is 5.89 Å². The third kappa shape index (κ3) is 4.39. The first kappa shape index (κ1) is 20.2. The zero-order valence-corrected chi connectivity index (χ0v) is 16.5. The van der Waals surface area contributed by atoms with Crippen LogP contribution < -0.4 is 0 Å². The van der Waals surface area contributed by atoms with E-state index in [1.807, 2.05) is 17.5 Å². The normalized spacial score (nSPS) is 18.5. The van der Waals surface area contributed by atoms with Gasteiger partial charge < -0.3 is 19.3 Å². The second-order valence-corrected chi connectivity index (χ2v) is 7.76. The highest BCUT2D eigenvalue weighted by Gasteiger charge is 2.40. The maximum atomic E-state index is 13.8. The van der Waals surface area contributed by atoms with E-state index in [1.54, 1.807) is 6.07 Å². The van der Waals surface area contributed by atoms with Crippen LogP contribution in [0.4, 0.5) is 4.39 Å². The van der Waals surface area contributed by atoms with Gasteiger partial charge in [-0.25, -0.2) is 9.18 Å². The molecule has 0 saturated carbocycles. The summed E-state index contributed by atoms with van der Waals surface area (Å²) in [5.74, 6) is -1.13. The standard InChI is InChI=1S/C20H18FN3O5S/c21-14-5-2-1-4-12(14)8-18(26)24-10-13(25)9-15(24)20(27)28-11-17-22-19(23-29-17)16-6-3-7-30-16/h1-7,13,15,25H,8-11H2. The van der Waals surface area contributed by atoms with Gasteiger partial charge >= 0.3 is 5.97 Å². The van der Waals surface area contributed by atoms with Crippen molar-refractivity contribution in [3.8, 4) is 10.7 Å². The average molecular weight is 431 g/mol. The molecule has 0 aliphatic carbocycles. The summed E-state index contributed by atoms with van der Waals surface area (Å²) >= 11 is 1.45. The Bertz CT molecular complexity index is 1040. The van der Waals surface area contributed by atoms with E-state index in [9.17, 15) is 19.1 Å². The number of hydrogen-bond donors (Lipinski definition) is 1. The number of benzene rings is 1. The monoisotopic (exact) mass is 431 g/mol. The number of aromatic nitrogens is 2. The first-order chi connectivity index (χ1) is 14.5. The summed E-state index contributed by atoms with van der Waals surface area (Å²) in [6.07, 6.45) is -1.02. The van der Waals surface area contributed by atoms with Crippen LogP contribution in [-0.2, 0) is 27.4 Å². The van der Waals surface area contributed by atoms with E-state index in [0.29, 0.717) is 5.82 Å². The number of ether oxygens (including phenoxy) is 1. The van der Waals surface area contributed by atoms with Crippen molar-refractivity contribution in [2.75, 3.05) is 6.54 Å². The van der Waals surface area contributed by atoms with Crippen LogP contribution in [0.15, 0.2) is 46.3 Å². The second kappa shape index (κ2) is 8.72. The molecule has 0 bridgehead atoms. The van der Waals surface area contributed by atoms with Crippen molar-refractivity contribution in [3.63, 3.8) is 0 Å². The molecule has 8 nitrogen and oxygen atoms in total. The van der Waals surface area contributed by atoms with Crippen LogP contribution in [0.3, 0.4) is 0 Å². The quantitative estimate of drug-likeness (QED) is 0.597. The van der Waals surface area contributed by atoms with E-state index >= 15 is 0 Å². The molecule has 3 aromatic rings. The Kier molecular flexibility index (Phi) is 5.86. The highest BCUT2D eigenvalue weighted by molar-refractivity contribution is 7.13. The number of esters is 1. The molecule has 1 amide bonds. The molecule has 3 heterocycles. The number of likely N-dealkylation sites (tertiary alicyclic amines) is 1. The SMILES string of the molecule is O=C(OCc1nc(-c2cccs2)no1)C1CC(O)CN1C(=O)Cc1ccccc1F. The van der Waals surface area contributed by atoms with E-state index in [0.717, 1.165) is 4.88 Å². The van der Waals surface area contributed by atoms with E-state index in [1.165, 1.54) is 34.4 Å². The number of rotatable bonds is 6. The minimum Gasteiger partial charge on any atom is -0.454 e. The predicted molar refractivity (Wildman–Crippen MR) is 104 cm³/mol. The summed E-state index contributed by atoms with van der Waals surface area (Å²) < 4.78 is 24.2. The van der Waals surface area contributed by atoms with Crippen molar-refractivity contribution in [1.29, 1.82) is 0 Å². The summed E-state index contributed by atoms with van der Waals surface area (Å²) in [6.45, 7) is -0.269. The molecule has 10 heteroatoms. The molecule has 156 valence electrons. The summed E-state index contributed by atoms with van der Waals surface area (Å²) in [6, 6.07) is 8.67. The van der Waals surface area contributed by atoms with Gasteiger partial charge in [0.05, 0.1) is 17.4 Å². The molecule has 1 aromatic carbocycles. The minimum atomic E-state index is -0.959. The molecule has 1 fully saturated rings. The predicted octanol–water partition coefficient (Wildman–Crippen LogP) is 2.18. The number of halogens is 1. The van der Waals surface area contributed by atoms with Crippen LogP contribution in [0.25, 0.3) is 10.7 Å². The molecule has 1 aliphatic heterocycles. The van der Waals surface area contributed by atoms with Crippen molar-refractivity contribution in [2.45, 2.75) is 31.6 Å². The molecule has 30 heavy (non-hydrogen) atoms. The van der Waals surface area contributed by atoms with Crippen molar-refractivity contribution < 1.29 is 28.3 Å². The topological polar surface area (TPSA) is 106 Å². The highest BCUT2D eigenvalue weighted by atomic mass is 32.1. The number of aliphatic hydroxyl groups is 1.